The van der Waals surface area contributed by atoms with Crippen molar-refractivity contribution in [2.24, 2.45) is 0 Å². The van der Waals surface area contributed by atoms with Crippen molar-refractivity contribution in [3.8, 4) is 0 Å². The Labute approximate surface area is 186 Å². The van der Waals surface area contributed by atoms with Crippen molar-refractivity contribution in [2.75, 3.05) is 4.90 Å². The summed E-state index contributed by atoms with van der Waals surface area (Å²) in [5.41, 5.74) is 2.46. The molecular weight excluding hydrogens is 518 g/mol. The number of nitrogens with one attached hydrogen (secondary N) is 2. The van der Waals surface area contributed by atoms with Gasteiger partial charge in [0.2, 0.25) is 0 Å². The first-order chi connectivity index (χ1) is 14.1. The third-order valence-electron chi connectivity index (χ3n) is 4.50. The molecule has 29 heavy (non-hydrogen) atoms. The van der Waals surface area contributed by atoms with Crippen molar-refractivity contribution in [1.82, 2.24) is 10.6 Å². The number of hydrogen-bond donors (Lipinski definition) is 2. The first kappa shape index (κ1) is 18.5. The fourth-order valence-corrected chi connectivity index (χ4v) is 7.41. The minimum atomic E-state index is -0.479. The van der Waals surface area contributed by atoms with E-state index in [1.807, 2.05) is 12.1 Å². The number of thiocarbonyl (C=S) groups is 1. The molecule has 142 valence electrons. The van der Waals surface area contributed by atoms with Gasteiger partial charge in [-0.2, -0.15) is 0 Å². The average molecular weight is 531 g/mol. The van der Waals surface area contributed by atoms with Crippen molar-refractivity contribution in [3.05, 3.63) is 71.1 Å². The van der Waals surface area contributed by atoms with Gasteiger partial charge in [-0.1, -0.05) is 0 Å². The molecule has 0 spiro atoms. The first-order valence-corrected chi connectivity index (χ1v) is 12.3. The van der Waals surface area contributed by atoms with Gasteiger partial charge in [0.25, 0.3) is 0 Å². The Morgan fingerprint density at radius 1 is 0.862 bits per heavy atom. The Balaban J connectivity index is 1.56. The zero-order chi connectivity index (χ0) is 20.0. The summed E-state index contributed by atoms with van der Waals surface area (Å²) in [4.78, 5) is 27.3. The van der Waals surface area contributed by atoms with Crippen molar-refractivity contribution in [3.63, 3.8) is 0 Å². The molecule has 5 rings (SSSR count). The van der Waals surface area contributed by atoms with Crippen LogP contribution in [0.3, 0.4) is 0 Å². The van der Waals surface area contributed by atoms with Gasteiger partial charge in [-0.05, 0) is 0 Å². The normalized spacial score (nSPS) is 15.4. The van der Waals surface area contributed by atoms with Crippen LogP contribution in [0.1, 0.15) is 4.88 Å². The van der Waals surface area contributed by atoms with Crippen LogP contribution in [-0.2, 0) is 9.59 Å². The molecule has 5 nitrogen and oxygen atoms in total. The number of benzene rings is 2. The molecular formula is C21H13N3O2S2Te. The molecule has 0 aliphatic carbocycles. The SMILES string of the molecule is O=C1NC(=S)NC(=O)C1=Cc1ccc(N2c3ccccc3[Te]c3ccccc32)s1. The zero-order valence-electron chi connectivity index (χ0n) is 14.8. The molecule has 2 aliphatic heterocycles. The van der Waals surface area contributed by atoms with Crippen LogP contribution >= 0.6 is 23.6 Å². The molecule has 0 radical (unpaired) electrons. The standard InChI is InChI=1S/C21H13N3O2S2Te/c25-19-13(20(26)23-21(27)22-19)11-12-9-10-18(28-12)24-14-5-1-3-7-16(14)29-17-8-4-2-6-15(17)24/h1-11H,(H2,22,23,25,26,27). The summed E-state index contributed by atoms with van der Waals surface area (Å²) < 4.78 is 2.79. The molecule has 3 heterocycles. The van der Waals surface area contributed by atoms with Gasteiger partial charge in [-0.3, -0.25) is 0 Å². The number of carbonyl (C=O) groups is 2. The van der Waals surface area contributed by atoms with Gasteiger partial charge >= 0.3 is 187 Å². The number of fused-ring (bicyclic) bond motifs is 2. The van der Waals surface area contributed by atoms with Gasteiger partial charge in [-0.15, -0.1) is 0 Å². The number of carbonyl (C=O) groups excluding carboxylic acids is 2. The second-order valence-electron chi connectivity index (χ2n) is 6.34. The topological polar surface area (TPSA) is 61.4 Å². The van der Waals surface area contributed by atoms with Crippen LogP contribution in [0.2, 0.25) is 0 Å². The molecule has 0 unspecified atom stereocenters. The molecule has 1 fully saturated rings. The number of nitrogens with zero attached hydrogens (tertiary/aromatic N) is 1. The van der Waals surface area contributed by atoms with E-state index >= 15 is 0 Å². The van der Waals surface area contributed by atoms with Crippen LogP contribution in [0.15, 0.2) is 66.2 Å². The second kappa shape index (κ2) is 7.39. The quantitative estimate of drug-likeness (QED) is 0.180. The van der Waals surface area contributed by atoms with Gasteiger partial charge in [0.15, 0.2) is 0 Å². The van der Waals surface area contributed by atoms with Gasteiger partial charge in [0.1, 0.15) is 0 Å². The summed E-state index contributed by atoms with van der Waals surface area (Å²) in [6, 6.07) is 21.0. The summed E-state index contributed by atoms with van der Waals surface area (Å²) in [6.07, 6.45) is 1.61. The van der Waals surface area contributed by atoms with Crippen LogP contribution in [-0.4, -0.2) is 37.8 Å². The molecule has 8 heteroatoms. The maximum atomic E-state index is 12.1. The molecule has 1 saturated heterocycles. The Kier molecular flexibility index (Phi) is 4.72. The third kappa shape index (κ3) is 3.38. The van der Waals surface area contributed by atoms with Gasteiger partial charge in [0.05, 0.1) is 0 Å². The monoisotopic (exact) mass is 533 g/mol. The van der Waals surface area contributed by atoms with E-state index in [4.69, 9.17) is 12.2 Å². The van der Waals surface area contributed by atoms with Crippen LogP contribution in [0.5, 0.6) is 0 Å². The molecule has 1 aromatic heterocycles. The summed E-state index contributed by atoms with van der Waals surface area (Å²) >= 11 is 5.94. The fraction of sp³-hybridized carbons (Fsp3) is 0. The molecule has 3 aromatic rings. The Morgan fingerprint density at radius 3 is 2.07 bits per heavy atom. The van der Waals surface area contributed by atoms with E-state index in [2.05, 4.69) is 64.1 Å². The minimum absolute atomic E-state index is 0.0365. The number of anilines is 3. The number of hydrogen-bond acceptors (Lipinski definition) is 5. The Morgan fingerprint density at radius 2 is 1.45 bits per heavy atom. The van der Waals surface area contributed by atoms with Crippen LogP contribution in [0.25, 0.3) is 6.08 Å². The number of rotatable bonds is 2. The van der Waals surface area contributed by atoms with Crippen molar-refractivity contribution < 1.29 is 9.59 Å². The van der Waals surface area contributed by atoms with E-state index in [0.717, 1.165) is 9.88 Å². The number of thiophene rings is 1. The summed E-state index contributed by atoms with van der Waals surface area (Å²) in [5, 5.41) is 6.01. The molecule has 2 aromatic carbocycles. The van der Waals surface area contributed by atoms with E-state index in [0.29, 0.717) is 0 Å². The predicted molar refractivity (Wildman–Crippen MR) is 121 cm³/mol. The van der Waals surface area contributed by atoms with E-state index in [1.54, 1.807) is 6.08 Å². The zero-order valence-corrected chi connectivity index (χ0v) is 18.8. The summed E-state index contributed by atoms with van der Waals surface area (Å²) in [6.45, 7) is 0. The van der Waals surface area contributed by atoms with E-state index in [-0.39, 0.29) is 10.7 Å². The second-order valence-corrected chi connectivity index (χ2v) is 10.9. The number of para-hydroxylation sites is 2. The van der Waals surface area contributed by atoms with E-state index in [9.17, 15) is 9.59 Å². The van der Waals surface area contributed by atoms with Gasteiger partial charge < -0.3 is 0 Å². The molecule has 0 atom stereocenters. The van der Waals surface area contributed by atoms with Crippen LogP contribution < -0.4 is 22.8 Å². The average Bonchev–Trinajstić information content (AvgIpc) is 3.17. The molecule has 0 saturated carbocycles. The van der Waals surface area contributed by atoms with Crippen LogP contribution in [0.4, 0.5) is 16.4 Å². The third-order valence-corrected chi connectivity index (χ3v) is 8.94. The van der Waals surface area contributed by atoms with Crippen LogP contribution in [0, 0.1) is 0 Å². The van der Waals surface area contributed by atoms with Crippen molar-refractivity contribution in [1.29, 1.82) is 0 Å². The first-order valence-electron chi connectivity index (χ1n) is 8.74. The predicted octanol–water partition coefficient (Wildman–Crippen LogP) is 2.10. The van der Waals surface area contributed by atoms with Crippen molar-refractivity contribution >= 4 is 91.1 Å². The number of amides is 2. The molecule has 2 aliphatic rings. The molecule has 2 amide bonds. The van der Waals surface area contributed by atoms with E-state index < -0.39 is 32.7 Å². The van der Waals surface area contributed by atoms with Gasteiger partial charge in [-0.25, -0.2) is 0 Å². The summed E-state index contributed by atoms with van der Waals surface area (Å²) in [5.74, 6) is -0.957. The van der Waals surface area contributed by atoms with Crippen molar-refractivity contribution in [2.45, 2.75) is 0 Å². The summed E-state index contributed by atoms with van der Waals surface area (Å²) in [7, 11) is 0. The Hall–Kier alpha value is -2.50. The molecule has 2 N–H and O–H groups in total. The maximum absolute atomic E-state index is 12.1. The van der Waals surface area contributed by atoms with Gasteiger partial charge in [0, 0.05) is 0 Å². The van der Waals surface area contributed by atoms with E-state index in [1.165, 1.54) is 29.9 Å². The Bertz CT molecular complexity index is 1150. The molecule has 0 bridgehead atoms. The fourth-order valence-electron chi connectivity index (χ4n) is 3.23.